The van der Waals surface area contributed by atoms with Gasteiger partial charge in [-0.25, -0.2) is 0 Å². The molecular weight excluding hydrogens is 718 g/mol. The predicted molar refractivity (Wildman–Crippen MR) is 185 cm³/mol. The van der Waals surface area contributed by atoms with Gasteiger partial charge in [-0.1, -0.05) is 0 Å². The topological polar surface area (TPSA) is 13.0 Å². The summed E-state index contributed by atoms with van der Waals surface area (Å²) in [6.45, 7) is 3.94. The minimum absolute atomic E-state index is 0.986. The number of rotatable bonds is 10. The average molecular weight is 764 g/mol. The molecule has 0 bridgehead atoms. The van der Waals surface area contributed by atoms with E-state index in [9.17, 15) is 0 Å². The summed E-state index contributed by atoms with van der Waals surface area (Å²) in [5.41, 5.74) is 6.11. The minimum atomic E-state index is -2.76. The molecule has 4 aromatic carbocycles. The van der Waals surface area contributed by atoms with Crippen LogP contribution in [0.25, 0.3) is 0 Å². The molecule has 0 aliphatic carbocycles. The molecule has 0 atom stereocenters. The summed E-state index contributed by atoms with van der Waals surface area (Å²) in [4.78, 5) is 9.38. The first-order chi connectivity index (χ1) is 20.2. The molecule has 6 heteroatoms. The van der Waals surface area contributed by atoms with Crippen molar-refractivity contribution in [3.63, 3.8) is 0 Å². The Bertz CT molecular complexity index is 1310. The van der Waals surface area contributed by atoms with E-state index in [0.29, 0.717) is 0 Å². The molecule has 1 aliphatic heterocycles. The van der Waals surface area contributed by atoms with Crippen LogP contribution >= 0.6 is 0 Å². The van der Waals surface area contributed by atoms with Crippen LogP contribution in [0.4, 0.5) is 0 Å². The molecule has 1 aliphatic rings. The second-order valence-corrected chi connectivity index (χ2v) is 28.4. The molecule has 4 aromatic rings. The third-order valence-electron chi connectivity index (χ3n) is 8.33. The van der Waals surface area contributed by atoms with E-state index in [4.69, 9.17) is 0 Å². The molecule has 0 saturated carbocycles. The maximum atomic E-state index is 2.54. The van der Waals surface area contributed by atoms with E-state index in [0.717, 1.165) is 26.2 Å². The van der Waals surface area contributed by atoms with Crippen molar-refractivity contribution in [1.29, 1.82) is 0 Å². The predicted octanol–water partition coefficient (Wildman–Crippen LogP) is 1.28. The van der Waals surface area contributed by atoms with Gasteiger partial charge >= 0.3 is 272 Å². The quantitative estimate of drug-likeness (QED) is 0.213. The zero-order valence-electron chi connectivity index (χ0n) is 26.9. The van der Waals surface area contributed by atoms with E-state index in [1.54, 1.807) is 19.9 Å². The van der Waals surface area contributed by atoms with Crippen LogP contribution in [0.3, 0.4) is 0 Å². The fourth-order valence-electron chi connectivity index (χ4n) is 7.02. The van der Waals surface area contributed by atoms with Gasteiger partial charge in [0.25, 0.3) is 0 Å². The van der Waals surface area contributed by atoms with Crippen LogP contribution in [0.5, 0.6) is 0 Å². The van der Waals surface area contributed by atoms with Crippen molar-refractivity contribution in [2.24, 2.45) is 0 Å². The van der Waals surface area contributed by atoms with Crippen molar-refractivity contribution >= 4 is 62.8 Å². The standard InChI is InChI=1S/2C12H19N2.2C6H4.2In/c2*1-13(2)9-11-6-5-7-12(8-11)10-14(3)4;2*1-2-4-6-5-3-1;;/h2*5-7H,9-10H2,1-4H3;2*1-4H;;. The zero-order valence-corrected chi connectivity index (χ0v) is 33.4. The van der Waals surface area contributed by atoms with Crippen molar-refractivity contribution in [3.8, 4) is 0 Å². The second-order valence-electron chi connectivity index (χ2n) is 13.1. The fourth-order valence-corrected chi connectivity index (χ4v) is 40.0. The van der Waals surface area contributed by atoms with Crippen LogP contribution < -0.4 is 19.9 Å². The van der Waals surface area contributed by atoms with E-state index in [1.165, 1.54) is 22.3 Å². The Hall–Kier alpha value is -1.54. The fraction of sp³-hybridized carbons (Fsp3) is 0.333. The Morgan fingerprint density at radius 1 is 0.357 bits per heavy atom. The summed E-state index contributed by atoms with van der Waals surface area (Å²) in [5, 5.41) is 0. The normalized spacial score (nSPS) is 13.0. The first-order valence-corrected chi connectivity index (χ1v) is 25.0. The number of hydrogen-bond donors (Lipinski definition) is 0. The molecular formula is C36H46In2N4. The molecule has 0 saturated heterocycles. The van der Waals surface area contributed by atoms with Crippen LogP contribution in [0.2, 0.25) is 0 Å². The molecule has 0 aromatic heterocycles. The summed E-state index contributed by atoms with van der Waals surface area (Å²) in [5.74, 6) is 0. The number of fused-ring (bicyclic) bond motifs is 2. The SMILES string of the molecule is CN(C)Cc1cccc(CN(C)C)[c]1[In]1[c]2cccc[c]2[In]([c]2c(CN(C)C)cccc2CN(C)C)[c]2cccc[c]21. The number of nitrogens with zero attached hydrogens (tertiary/aromatic N) is 4. The Morgan fingerprint density at radius 2 is 0.595 bits per heavy atom. The Kier molecular flexibility index (Phi) is 10.7. The molecule has 0 radical (unpaired) electrons. The first kappa shape index (κ1) is 31.9. The summed E-state index contributed by atoms with van der Waals surface area (Å²) in [7, 11) is 17.7. The average Bonchev–Trinajstić information content (AvgIpc) is 2.92. The van der Waals surface area contributed by atoms with E-state index < -0.39 is 42.9 Å². The van der Waals surface area contributed by atoms with Crippen molar-refractivity contribution in [3.05, 3.63) is 107 Å². The van der Waals surface area contributed by atoms with E-state index in [2.05, 4.69) is 161 Å². The molecule has 0 fully saturated rings. The molecule has 5 rings (SSSR count). The van der Waals surface area contributed by atoms with Crippen molar-refractivity contribution in [1.82, 2.24) is 19.6 Å². The number of hydrogen-bond acceptors (Lipinski definition) is 4. The third kappa shape index (κ3) is 6.90. The molecule has 0 amide bonds. The van der Waals surface area contributed by atoms with Gasteiger partial charge in [-0.15, -0.1) is 0 Å². The van der Waals surface area contributed by atoms with Crippen molar-refractivity contribution < 1.29 is 0 Å². The molecule has 0 unspecified atom stereocenters. The van der Waals surface area contributed by atoms with Crippen LogP contribution in [-0.4, -0.2) is 119 Å². The molecule has 42 heavy (non-hydrogen) atoms. The Balaban J connectivity index is 1.82. The van der Waals surface area contributed by atoms with Crippen LogP contribution in [-0.2, 0) is 26.2 Å². The van der Waals surface area contributed by atoms with Crippen LogP contribution in [0, 0.1) is 0 Å². The second kappa shape index (κ2) is 14.0. The van der Waals surface area contributed by atoms with Crippen molar-refractivity contribution in [2.45, 2.75) is 26.2 Å². The maximum absolute atomic E-state index is 2.76. The zero-order chi connectivity index (χ0) is 30.0. The van der Waals surface area contributed by atoms with Crippen molar-refractivity contribution in [2.75, 3.05) is 56.4 Å². The van der Waals surface area contributed by atoms with Gasteiger partial charge in [0.1, 0.15) is 0 Å². The number of benzene rings is 4. The molecule has 0 spiro atoms. The van der Waals surface area contributed by atoms with E-state index in [-0.39, 0.29) is 0 Å². The van der Waals surface area contributed by atoms with E-state index >= 15 is 0 Å². The van der Waals surface area contributed by atoms with Gasteiger partial charge < -0.3 is 0 Å². The van der Waals surface area contributed by atoms with Gasteiger partial charge in [0, 0.05) is 0 Å². The first-order valence-electron chi connectivity index (χ1n) is 15.1. The van der Waals surface area contributed by atoms with Crippen LogP contribution in [0.1, 0.15) is 22.3 Å². The summed E-state index contributed by atoms with van der Waals surface area (Å²) in [6.07, 6.45) is 0. The van der Waals surface area contributed by atoms with Gasteiger partial charge in [0.15, 0.2) is 0 Å². The summed E-state index contributed by atoms with van der Waals surface area (Å²) in [6, 6.07) is 33.7. The van der Waals surface area contributed by atoms with Gasteiger partial charge in [0.05, 0.1) is 0 Å². The molecule has 216 valence electrons. The molecule has 0 N–H and O–H groups in total. The van der Waals surface area contributed by atoms with Gasteiger partial charge in [0.2, 0.25) is 0 Å². The van der Waals surface area contributed by atoms with Gasteiger partial charge in [-0.2, -0.15) is 0 Å². The molecule has 4 nitrogen and oxygen atoms in total. The summed E-state index contributed by atoms with van der Waals surface area (Å²) < 4.78 is 10.4. The van der Waals surface area contributed by atoms with Crippen LogP contribution in [0.15, 0.2) is 84.9 Å². The molecule has 1 heterocycles. The Labute approximate surface area is 270 Å². The van der Waals surface area contributed by atoms with E-state index in [1.807, 2.05) is 0 Å². The van der Waals surface area contributed by atoms with Gasteiger partial charge in [-0.3, -0.25) is 0 Å². The van der Waals surface area contributed by atoms with Gasteiger partial charge in [-0.05, 0) is 0 Å². The third-order valence-corrected chi connectivity index (χ3v) is 34.4. The summed E-state index contributed by atoms with van der Waals surface area (Å²) >= 11 is -5.52. The Morgan fingerprint density at radius 3 is 0.810 bits per heavy atom. The monoisotopic (exact) mass is 764 g/mol.